The summed E-state index contributed by atoms with van der Waals surface area (Å²) in [6, 6.07) is 0.678. The zero-order valence-electron chi connectivity index (χ0n) is 11.8. The minimum absolute atomic E-state index is 0.605. The van der Waals surface area contributed by atoms with Crippen LogP contribution in [0.15, 0.2) is 0 Å². The van der Waals surface area contributed by atoms with Gasteiger partial charge < -0.3 is 16.0 Å². The van der Waals surface area contributed by atoms with E-state index in [4.69, 9.17) is 5.73 Å². The molecule has 0 aliphatic heterocycles. The number of nitrogens with zero attached hydrogens (tertiary/aromatic N) is 1. The molecule has 0 saturated heterocycles. The third kappa shape index (κ3) is 6.46. The number of hydrogen-bond donors (Lipinski definition) is 2. The molecule has 0 aliphatic rings. The highest BCUT2D eigenvalue weighted by Crippen LogP contribution is 2.07. The molecule has 0 saturated carbocycles. The van der Waals surface area contributed by atoms with Crippen molar-refractivity contribution in [3.8, 4) is 0 Å². The monoisotopic (exact) mass is 229 g/mol. The summed E-state index contributed by atoms with van der Waals surface area (Å²) in [4.78, 5) is 2.40. The van der Waals surface area contributed by atoms with Crippen LogP contribution in [0.1, 0.15) is 34.1 Å². The Bertz CT molecular complexity index is 159. The molecule has 3 N–H and O–H groups in total. The van der Waals surface area contributed by atoms with Crippen LogP contribution >= 0.6 is 0 Å². The SMILES string of the molecule is CCC(C)N(C)CCNCC(CN)C(C)C. The summed E-state index contributed by atoms with van der Waals surface area (Å²) in [6.07, 6.45) is 1.22. The lowest BCUT2D eigenvalue weighted by molar-refractivity contribution is 0.248. The van der Waals surface area contributed by atoms with Crippen molar-refractivity contribution in [3.05, 3.63) is 0 Å². The zero-order chi connectivity index (χ0) is 12.6. The van der Waals surface area contributed by atoms with Crippen LogP contribution in [0.3, 0.4) is 0 Å². The summed E-state index contributed by atoms with van der Waals surface area (Å²) in [7, 11) is 2.19. The van der Waals surface area contributed by atoms with E-state index in [2.05, 4.69) is 45.0 Å². The Morgan fingerprint density at radius 1 is 1.25 bits per heavy atom. The summed E-state index contributed by atoms with van der Waals surface area (Å²) in [6.45, 7) is 13.0. The molecule has 0 heterocycles. The molecule has 2 unspecified atom stereocenters. The summed E-state index contributed by atoms with van der Waals surface area (Å²) < 4.78 is 0. The molecule has 2 atom stereocenters. The quantitative estimate of drug-likeness (QED) is 0.589. The van der Waals surface area contributed by atoms with Crippen LogP contribution in [-0.4, -0.2) is 44.2 Å². The Kier molecular flexibility index (Phi) is 8.90. The normalized spacial score (nSPS) is 15.8. The van der Waals surface area contributed by atoms with Gasteiger partial charge in [-0.25, -0.2) is 0 Å². The second kappa shape index (κ2) is 8.97. The Morgan fingerprint density at radius 3 is 2.31 bits per heavy atom. The lowest BCUT2D eigenvalue weighted by atomic mass is 9.96. The molecule has 0 radical (unpaired) electrons. The fraction of sp³-hybridized carbons (Fsp3) is 1.00. The van der Waals surface area contributed by atoms with Crippen LogP contribution in [0.4, 0.5) is 0 Å². The van der Waals surface area contributed by atoms with E-state index in [-0.39, 0.29) is 0 Å². The van der Waals surface area contributed by atoms with E-state index in [1.165, 1.54) is 6.42 Å². The predicted molar refractivity (Wildman–Crippen MR) is 72.6 cm³/mol. The third-order valence-electron chi connectivity index (χ3n) is 3.64. The zero-order valence-corrected chi connectivity index (χ0v) is 11.8. The van der Waals surface area contributed by atoms with Gasteiger partial charge in [0, 0.05) is 19.1 Å². The second-order valence-electron chi connectivity index (χ2n) is 5.18. The maximum absolute atomic E-state index is 5.74. The number of likely N-dealkylation sites (N-methyl/N-ethyl adjacent to an activating group) is 1. The van der Waals surface area contributed by atoms with Crippen LogP contribution in [-0.2, 0) is 0 Å². The van der Waals surface area contributed by atoms with Crippen molar-refractivity contribution in [1.29, 1.82) is 0 Å². The van der Waals surface area contributed by atoms with Crippen LogP contribution < -0.4 is 11.1 Å². The molecule has 0 bridgehead atoms. The van der Waals surface area contributed by atoms with Gasteiger partial charge in [-0.3, -0.25) is 0 Å². The lowest BCUT2D eigenvalue weighted by Gasteiger charge is -2.24. The Balaban J connectivity index is 3.59. The van der Waals surface area contributed by atoms with Gasteiger partial charge in [-0.1, -0.05) is 20.8 Å². The van der Waals surface area contributed by atoms with E-state index >= 15 is 0 Å². The highest BCUT2D eigenvalue weighted by atomic mass is 15.1. The number of nitrogens with two attached hydrogens (primary N) is 1. The lowest BCUT2D eigenvalue weighted by Crippen LogP contribution is -2.38. The average molecular weight is 229 g/mol. The van der Waals surface area contributed by atoms with Gasteiger partial charge >= 0.3 is 0 Å². The van der Waals surface area contributed by atoms with Gasteiger partial charge in [0.2, 0.25) is 0 Å². The van der Waals surface area contributed by atoms with Gasteiger partial charge in [0.1, 0.15) is 0 Å². The van der Waals surface area contributed by atoms with E-state index in [9.17, 15) is 0 Å². The van der Waals surface area contributed by atoms with Crippen LogP contribution in [0, 0.1) is 11.8 Å². The third-order valence-corrected chi connectivity index (χ3v) is 3.64. The van der Waals surface area contributed by atoms with E-state index in [0.717, 1.165) is 26.2 Å². The molecule has 0 fully saturated rings. The van der Waals surface area contributed by atoms with Crippen molar-refractivity contribution in [2.45, 2.75) is 40.2 Å². The molecule has 0 aliphatic carbocycles. The number of rotatable bonds is 9. The van der Waals surface area contributed by atoms with Crippen molar-refractivity contribution >= 4 is 0 Å². The van der Waals surface area contributed by atoms with Crippen molar-refractivity contribution in [2.75, 3.05) is 33.2 Å². The van der Waals surface area contributed by atoms with E-state index < -0.39 is 0 Å². The summed E-state index contributed by atoms with van der Waals surface area (Å²) in [5, 5.41) is 3.51. The smallest absolute Gasteiger partial charge is 0.0107 e. The fourth-order valence-corrected chi connectivity index (χ4v) is 1.67. The maximum Gasteiger partial charge on any atom is 0.0107 e. The first kappa shape index (κ1) is 15.9. The molecule has 0 spiro atoms. The van der Waals surface area contributed by atoms with E-state index in [0.29, 0.717) is 17.9 Å². The van der Waals surface area contributed by atoms with Crippen molar-refractivity contribution in [1.82, 2.24) is 10.2 Å². The maximum atomic E-state index is 5.74. The molecule has 0 aromatic heterocycles. The summed E-state index contributed by atoms with van der Waals surface area (Å²) in [5.74, 6) is 1.28. The van der Waals surface area contributed by atoms with Crippen molar-refractivity contribution < 1.29 is 0 Å². The second-order valence-corrected chi connectivity index (χ2v) is 5.18. The molecule has 3 heteroatoms. The van der Waals surface area contributed by atoms with Gasteiger partial charge in [-0.15, -0.1) is 0 Å². The van der Waals surface area contributed by atoms with Crippen LogP contribution in [0.5, 0.6) is 0 Å². The molecule has 0 amide bonds. The van der Waals surface area contributed by atoms with Gasteiger partial charge in [0.25, 0.3) is 0 Å². The van der Waals surface area contributed by atoms with Gasteiger partial charge in [-0.05, 0) is 45.3 Å². The molecule has 0 aromatic rings. The molecule has 98 valence electrons. The topological polar surface area (TPSA) is 41.3 Å². The van der Waals surface area contributed by atoms with Crippen molar-refractivity contribution in [3.63, 3.8) is 0 Å². The molecule has 3 nitrogen and oxygen atoms in total. The standard InChI is InChI=1S/C13H31N3/c1-6-12(4)16(5)8-7-15-10-13(9-14)11(2)3/h11-13,15H,6-10,14H2,1-5H3. The largest absolute Gasteiger partial charge is 0.330 e. The molecule has 0 aromatic carbocycles. The molecule has 16 heavy (non-hydrogen) atoms. The predicted octanol–water partition coefficient (Wildman–Crippen LogP) is 1.54. The van der Waals surface area contributed by atoms with Crippen LogP contribution in [0.2, 0.25) is 0 Å². The first-order chi connectivity index (χ1) is 7.52. The molecular weight excluding hydrogens is 198 g/mol. The molecule has 0 rings (SSSR count). The van der Waals surface area contributed by atoms with E-state index in [1.54, 1.807) is 0 Å². The first-order valence-corrected chi connectivity index (χ1v) is 6.63. The molecular formula is C13H31N3. The Hall–Kier alpha value is -0.120. The summed E-state index contributed by atoms with van der Waals surface area (Å²) in [5.41, 5.74) is 5.74. The van der Waals surface area contributed by atoms with Gasteiger partial charge in [0.05, 0.1) is 0 Å². The van der Waals surface area contributed by atoms with Crippen molar-refractivity contribution in [2.24, 2.45) is 17.6 Å². The first-order valence-electron chi connectivity index (χ1n) is 6.63. The fourth-order valence-electron chi connectivity index (χ4n) is 1.67. The van der Waals surface area contributed by atoms with Crippen LogP contribution in [0.25, 0.3) is 0 Å². The minimum Gasteiger partial charge on any atom is -0.330 e. The van der Waals surface area contributed by atoms with E-state index in [1.807, 2.05) is 0 Å². The Labute approximate surface area is 102 Å². The van der Waals surface area contributed by atoms with Gasteiger partial charge in [0.15, 0.2) is 0 Å². The number of nitrogens with one attached hydrogen (secondary N) is 1. The Morgan fingerprint density at radius 2 is 1.88 bits per heavy atom. The highest BCUT2D eigenvalue weighted by molar-refractivity contribution is 4.68. The summed E-state index contributed by atoms with van der Waals surface area (Å²) >= 11 is 0. The highest BCUT2D eigenvalue weighted by Gasteiger charge is 2.11. The minimum atomic E-state index is 0.605. The van der Waals surface area contributed by atoms with Gasteiger partial charge in [-0.2, -0.15) is 0 Å². The average Bonchev–Trinajstić information content (AvgIpc) is 2.27. The number of hydrogen-bond acceptors (Lipinski definition) is 3.